The van der Waals surface area contributed by atoms with Crippen LogP contribution in [0.4, 0.5) is 5.13 Å². The summed E-state index contributed by atoms with van der Waals surface area (Å²) < 4.78 is 6.13. The lowest BCUT2D eigenvalue weighted by Crippen LogP contribution is -2.27. The van der Waals surface area contributed by atoms with E-state index in [0.717, 1.165) is 10.4 Å². The molecule has 146 valence electrons. The van der Waals surface area contributed by atoms with Crippen molar-refractivity contribution in [3.8, 4) is 0 Å². The van der Waals surface area contributed by atoms with E-state index >= 15 is 0 Å². The fourth-order valence-corrected chi connectivity index (χ4v) is 3.67. The van der Waals surface area contributed by atoms with Crippen LogP contribution < -0.4 is 10.9 Å². The number of nitrogens with zero attached hydrogens (tertiary/aromatic N) is 3. The number of ether oxygens (including phenoxy) is 1. The maximum Gasteiger partial charge on any atom is 0.277 e. The fourth-order valence-electron chi connectivity index (χ4n) is 2.37. The molecule has 1 N–H and O–H groups in total. The third kappa shape index (κ3) is 5.17. The lowest BCUT2D eigenvalue weighted by atomic mass is 10.1. The number of hydrogen-bond donors (Lipinski definition) is 1. The number of methoxy groups -OCH3 is 1. The number of carbonyl (C=O) groups excluding carboxylic acids is 1. The molecule has 0 saturated heterocycles. The molecule has 0 aliphatic rings. The maximum atomic E-state index is 12.4. The molecule has 0 spiro atoms. The van der Waals surface area contributed by atoms with Crippen molar-refractivity contribution in [3.05, 3.63) is 73.1 Å². The number of hydrogen-bond acceptors (Lipinski definition) is 6. The monoisotopic (exact) mass is 438 g/mol. The van der Waals surface area contributed by atoms with Crippen LogP contribution in [0.25, 0.3) is 0 Å². The Labute approximate surface area is 174 Å². The van der Waals surface area contributed by atoms with Gasteiger partial charge in [0.15, 0.2) is 5.13 Å². The predicted molar refractivity (Wildman–Crippen MR) is 110 cm³/mol. The van der Waals surface area contributed by atoms with Crippen molar-refractivity contribution >= 4 is 45.6 Å². The Morgan fingerprint density at radius 1 is 1.29 bits per heavy atom. The van der Waals surface area contributed by atoms with Crippen molar-refractivity contribution in [2.24, 2.45) is 0 Å². The average Bonchev–Trinajstić information content (AvgIpc) is 3.10. The van der Waals surface area contributed by atoms with Crippen LogP contribution in [-0.4, -0.2) is 34.4 Å². The molecule has 2 aromatic heterocycles. The van der Waals surface area contributed by atoms with Crippen molar-refractivity contribution in [2.75, 3.05) is 19.0 Å². The Balaban J connectivity index is 1.69. The third-order valence-corrected chi connectivity index (χ3v) is 5.26. The molecular formula is C18H16Cl2N4O3S. The van der Waals surface area contributed by atoms with Crippen molar-refractivity contribution in [1.82, 2.24) is 14.8 Å². The minimum atomic E-state index is -0.448. The first kappa shape index (κ1) is 20.5. The molecular weight excluding hydrogens is 423 g/mol. The van der Waals surface area contributed by atoms with Crippen LogP contribution in [0.2, 0.25) is 10.0 Å². The molecule has 3 aromatic rings. The molecule has 7 nitrogen and oxygen atoms in total. The Hall–Kier alpha value is -2.26. The van der Waals surface area contributed by atoms with Gasteiger partial charge < -0.3 is 4.74 Å². The van der Waals surface area contributed by atoms with E-state index in [2.05, 4.69) is 15.4 Å². The molecule has 10 heteroatoms. The molecule has 3 rings (SSSR count). The van der Waals surface area contributed by atoms with Gasteiger partial charge in [-0.1, -0.05) is 29.3 Å². The van der Waals surface area contributed by atoms with Gasteiger partial charge in [-0.15, -0.1) is 11.3 Å². The number of carbonyl (C=O) groups is 1. The first-order valence-corrected chi connectivity index (χ1v) is 9.80. The van der Waals surface area contributed by atoms with Crippen LogP contribution in [0.5, 0.6) is 0 Å². The van der Waals surface area contributed by atoms with Gasteiger partial charge in [-0.25, -0.2) is 9.67 Å². The van der Waals surface area contributed by atoms with Gasteiger partial charge >= 0.3 is 0 Å². The molecule has 0 radical (unpaired) electrons. The van der Waals surface area contributed by atoms with E-state index in [1.165, 1.54) is 35.3 Å². The number of anilines is 1. The van der Waals surface area contributed by atoms with E-state index in [1.807, 2.05) is 6.07 Å². The minimum Gasteiger partial charge on any atom is -0.383 e. The van der Waals surface area contributed by atoms with Crippen LogP contribution in [-0.2, 0) is 17.7 Å². The van der Waals surface area contributed by atoms with E-state index in [9.17, 15) is 9.59 Å². The third-order valence-electron chi connectivity index (χ3n) is 3.76. The van der Waals surface area contributed by atoms with Crippen LogP contribution in [0.3, 0.4) is 0 Å². The highest BCUT2D eigenvalue weighted by Crippen LogP contribution is 2.27. The summed E-state index contributed by atoms with van der Waals surface area (Å²) >= 11 is 13.4. The molecule has 1 amide bonds. The van der Waals surface area contributed by atoms with E-state index in [1.54, 1.807) is 18.3 Å². The van der Waals surface area contributed by atoms with Gasteiger partial charge in [0.1, 0.15) is 5.69 Å². The zero-order valence-electron chi connectivity index (χ0n) is 14.8. The van der Waals surface area contributed by atoms with Gasteiger partial charge in [-0.05, 0) is 23.8 Å². The van der Waals surface area contributed by atoms with Gasteiger partial charge in [0.25, 0.3) is 11.5 Å². The van der Waals surface area contributed by atoms with Crippen LogP contribution >= 0.6 is 34.5 Å². The van der Waals surface area contributed by atoms with Gasteiger partial charge in [0.2, 0.25) is 0 Å². The smallest absolute Gasteiger partial charge is 0.277 e. The van der Waals surface area contributed by atoms with Gasteiger partial charge in [-0.2, -0.15) is 5.10 Å². The van der Waals surface area contributed by atoms with Crippen LogP contribution in [0, 0.1) is 0 Å². The number of aromatic nitrogens is 3. The summed E-state index contributed by atoms with van der Waals surface area (Å²) in [4.78, 5) is 29.3. The van der Waals surface area contributed by atoms with Gasteiger partial charge in [0, 0.05) is 40.7 Å². The predicted octanol–water partition coefficient (Wildman–Crippen LogP) is 3.50. The number of benzene rings is 1. The Kier molecular flexibility index (Phi) is 6.79. The standard InChI is InChI=1S/C18H16Cl2N4O3S/c1-27-7-6-24-16(25)5-4-15(23-24)17(26)22-18-21-10-13(28-18)8-11-2-3-12(19)9-14(11)20/h2-5,9-10H,6-8H2,1H3,(H,21,22,26). The number of amides is 1. The number of thiazole rings is 1. The zero-order valence-corrected chi connectivity index (χ0v) is 17.1. The maximum absolute atomic E-state index is 12.4. The van der Waals surface area contributed by atoms with Crippen molar-refractivity contribution < 1.29 is 9.53 Å². The van der Waals surface area contributed by atoms with Crippen LogP contribution in [0.1, 0.15) is 20.9 Å². The summed E-state index contributed by atoms with van der Waals surface area (Å²) in [6, 6.07) is 8.00. The SMILES string of the molecule is COCCn1nc(C(=O)Nc2ncc(Cc3ccc(Cl)cc3Cl)s2)ccc1=O. The first-order chi connectivity index (χ1) is 13.5. The molecule has 0 unspecified atom stereocenters. The second-order valence-corrected chi connectivity index (χ2v) is 7.73. The van der Waals surface area contributed by atoms with Gasteiger partial charge in [0.05, 0.1) is 13.2 Å². The summed E-state index contributed by atoms with van der Waals surface area (Å²) in [6.45, 7) is 0.584. The summed E-state index contributed by atoms with van der Waals surface area (Å²) in [7, 11) is 1.53. The highest BCUT2D eigenvalue weighted by Gasteiger charge is 2.13. The van der Waals surface area contributed by atoms with Crippen molar-refractivity contribution in [2.45, 2.75) is 13.0 Å². The molecule has 0 fully saturated rings. The molecule has 0 atom stereocenters. The Morgan fingerprint density at radius 3 is 2.86 bits per heavy atom. The summed E-state index contributed by atoms with van der Waals surface area (Å²) in [6.07, 6.45) is 2.25. The lowest BCUT2D eigenvalue weighted by Gasteiger charge is -2.06. The minimum absolute atomic E-state index is 0.119. The van der Waals surface area contributed by atoms with Crippen LogP contribution in [0.15, 0.2) is 41.3 Å². The quantitative estimate of drug-likeness (QED) is 0.609. The summed E-state index contributed by atoms with van der Waals surface area (Å²) in [5.74, 6) is -0.448. The van der Waals surface area contributed by atoms with E-state index in [-0.39, 0.29) is 17.8 Å². The van der Waals surface area contributed by atoms with E-state index in [0.29, 0.717) is 28.2 Å². The highest BCUT2D eigenvalue weighted by molar-refractivity contribution is 7.15. The lowest BCUT2D eigenvalue weighted by molar-refractivity contribution is 0.101. The molecule has 28 heavy (non-hydrogen) atoms. The molecule has 0 bridgehead atoms. The Bertz CT molecular complexity index is 1050. The number of nitrogens with one attached hydrogen (secondary N) is 1. The second-order valence-electron chi connectivity index (χ2n) is 5.77. The molecule has 2 heterocycles. The fraction of sp³-hybridized carbons (Fsp3) is 0.222. The van der Waals surface area contributed by atoms with E-state index in [4.69, 9.17) is 27.9 Å². The van der Waals surface area contributed by atoms with Gasteiger partial charge in [-0.3, -0.25) is 14.9 Å². The van der Waals surface area contributed by atoms with E-state index < -0.39 is 5.91 Å². The van der Waals surface area contributed by atoms with Crippen molar-refractivity contribution in [1.29, 1.82) is 0 Å². The topological polar surface area (TPSA) is 86.1 Å². The first-order valence-electron chi connectivity index (χ1n) is 8.23. The number of halogens is 2. The molecule has 0 aliphatic heterocycles. The Morgan fingerprint density at radius 2 is 2.11 bits per heavy atom. The average molecular weight is 439 g/mol. The highest BCUT2D eigenvalue weighted by atomic mass is 35.5. The van der Waals surface area contributed by atoms with Crippen molar-refractivity contribution in [3.63, 3.8) is 0 Å². The number of rotatable bonds is 7. The second kappa shape index (κ2) is 9.29. The molecule has 1 aromatic carbocycles. The molecule has 0 saturated carbocycles. The summed E-state index contributed by atoms with van der Waals surface area (Å²) in [5.41, 5.74) is 0.734. The zero-order chi connectivity index (χ0) is 20.1. The normalized spacial score (nSPS) is 10.8. The largest absolute Gasteiger partial charge is 0.383 e. The molecule has 0 aliphatic carbocycles. The summed E-state index contributed by atoms with van der Waals surface area (Å²) in [5, 5.41) is 8.34.